The molecule has 0 aromatic heterocycles. The predicted octanol–water partition coefficient (Wildman–Crippen LogP) is 9.94. The molecule has 0 aliphatic heterocycles. The van der Waals surface area contributed by atoms with Crippen molar-refractivity contribution < 1.29 is 9.59 Å². The first kappa shape index (κ1) is 37.8. The van der Waals surface area contributed by atoms with Crippen LogP contribution in [0.2, 0.25) is 0 Å². The van der Waals surface area contributed by atoms with Crippen LogP contribution in [-0.4, -0.2) is 18.4 Å². The van der Waals surface area contributed by atoms with Gasteiger partial charge in [-0.25, -0.2) is 0 Å². The third-order valence-electron chi connectivity index (χ3n) is 6.79. The number of allylic oxidation sites excluding steroid dienone is 2. The Kier molecular flexibility index (Phi) is 35.5. The summed E-state index contributed by atoms with van der Waals surface area (Å²) in [7, 11) is 0. The molecule has 0 aromatic rings. The second kappa shape index (κ2) is 34.7. The number of amides is 2. The van der Waals surface area contributed by atoms with E-state index in [1.807, 2.05) is 0 Å². The fourth-order valence-corrected chi connectivity index (χ4v) is 4.29. The smallest absolute Gasteiger partial charge is 0.219 e. The van der Waals surface area contributed by atoms with Gasteiger partial charge in [-0.3, -0.25) is 9.59 Å². The predicted molar refractivity (Wildman–Crippen MR) is 164 cm³/mol. The molecule has 0 aliphatic carbocycles. The average Bonchev–Trinajstić information content (AvgIpc) is 2.88. The number of carbonyl (C=O) groups is 2. The van der Waals surface area contributed by atoms with Gasteiger partial charge in [0.05, 0.1) is 0 Å². The first-order chi connectivity index (χ1) is 18.1. The summed E-state index contributed by atoms with van der Waals surface area (Å²) in [5, 5.41) is 3.01. The minimum atomic E-state index is -0.168. The Labute approximate surface area is 232 Å². The van der Waals surface area contributed by atoms with Gasteiger partial charge in [0.25, 0.3) is 0 Å². The van der Waals surface area contributed by atoms with Crippen LogP contribution in [0.15, 0.2) is 12.2 Å². The van der Waals surface area contributed by atoms with Gasteiger partial charge >= 0.3 is 0 Å². The molecule has 0 atom stereocenters. The second-order valence-electron chi connectivity index (χ2n) is 10.7. The molecule has 0 saturated heterocycles. The number of rotatable bonds is 27. The summed E-state index contributed by atoms with van der Waals surface area (Å²) in [6.07, 6.45) is 35.1. The molecule has 0 heterocycles. The van der Waals surface area contributed by atoms with Crippen molar-refractivity contribution in [2.75, 3.05) is 6.54 Å². The quantitative estimate of drug-likeness (QED) is 0.0832. The second-order valence-corrected chi connectivity index (χ2v) is 10.7. The molecule has 0 unspecified atom stereocenters. The van der Waals surface area contributed by atoms with Gasteiger partial charge in [-0.05, 0) is 38.5 Å². The molecule has 0 aromatic carbocycles. The van der Waals surface area contributed by atoms with Crippen LogP contribution in [-0.2, 0) is 9.59 Å². The van der Waals surface area contributed by atoms with Crippen LogP contribution in [0.4, 0.5) is 0 Å². The molecule has 0 saturated carbocycles. The molecular weight excluding hydrogens is 456 g/mol. The van der Waals surface area contributed by atoms with E-state index in [2.05, 4.69) is 38.2 Å². The Bertz CT molecular complexity index is 491. The van der Waals surface area contributed by atoms with E-state index in [1.54, 1.807) is 0 Å². The summed E-state index contributed by atoms with van der Waals surface area (Å²) in [6, 6.07) is 0. The number of nitrogens with two attached hydrogens (primary N) is 1. The molecule has 0 rings (SSSR count). The lowest BCUT2D eigenvalue weighted by Gasteiger charge is -2.05. The topological polar surface area (TPSA) is 72.2 Å². The average molecular weight is 523 g/mol. The van der Waals surface area contributed by atoms with E-state index in [0.717, 1.165) is 38.6 Å². The van der Waals surface area contributed by atoms with E-state index in [-0.39, 0.29) is 11.8 Å². The molecular formula is C33H66N2O2. The van der Waals surface area contributed by atoms with Crippen molar-refractivity contribution >= 4 is 11.8 Å². The van der Waals surface area contributed by atoms with Crippen LogP contribution in [0.25, 0.3) is 0 Å². The molecule has 4 nitrogen and oxygen atoms in total. The normalized spacial score (nSPS) is 10.9. The minimum absolute atomic E-state index is 0.168. The number of carbonyl (C=O) groups excluding carboxylic acids is 2. The molecule has 0 fully saturated rings. The van der Waals surface area contributed by atoms with Gasteiger partial charge in [0.2, 0.25) is 11.8 Å². The largest absolute Gasteiger partial charge is 0.370 e. The van der Waals surface area contributed by atoms with Crippen molar-refractivity contribution in [3.8, 4) is 0 Å². The third kappa shape index (κ3) is 39.3. The van der Waals surface area contributed by atoms with Crippen LogP contribution >= 0.6 is 0 Å². The van der Waals surface area contributed by atoms with Crippen molar-refractivity contribution in [2.45, 2.75) is 181 Å². The van der Waals surface area contributed by atoms with Crippen molar-refractivity contribution in [3.63, 3.8) is 0 Å². The van der Waals surface area contributed by atoms with E-state index in [4.69, 9.17) is 5.73 Å². The summed E-state index contributed by atoms with van der Waals surface area (Å²) in [5.41, 5.74) is 5.06. The zero-order chi connectivity index (χ0) is 27.7. The molecule has 220 valence electrons. The molecule has 0 bridgehead atoms. The van der Waals surface area contributed by atoms with E-state index in [9.17, 15) is 9.59 Å². The van der Waals surface area contributed by atoms with Gasteiger partial charge in [-0.15, -0.1) is 0 Å². The van der Waals surface area contributed by atoms with Crippen molar-refractivity contribution in [3.05, 3.63) is 12.2 Å². The zero-order valence-corrected chi connectivity index (χ0v) is 25.4. The Morgan fingerprint density at radius 2 is 0.919 bits per heavy atom. The highest BCUT2D eigenvalue weighted by atomic mass is 16.1. The summed E-state index contributed by atoms with van der Waals surface area (Å²) in [4.78, 5) is 22.0. The summed E-state index contributed by atoms with van der Waals surface area (Å²) < 4.78 is 0. The van der Waals surface area contributed by atoms with Gasteiger partial charge in [0.15, 0.2) is 0 Å². The number of hydrogen-bond donors (Lipinski definition) is 2. The summed E-state index contributed by atoms with van der Waals surface area (Å²) >= 11 is 0. The highest BCUT2D eigenvalue weighted by Crippen LogP contribution is 2.12. The molecule has 2 amide bonds. The Balaban J connectivity index is 0. The lowest BCUT2D eigenvalue weighted by atomic mass is 10.1. The molecule has 3 N–H and O–H groups in total. The lowest BCUT2D eigenvalue weighted by molar-refractivity contribution is -0.121. The van der Waals surface area contributed by atoms with Crippen LogP contribution < -0.4 is 11.1 Å². The Morgan fingerprint density at radius 1 is 0.514 bits per heavy atom. The number of primary amides is 1. The highest BCUT2D eigenvalue weighted by molar-refractivity contribution is 5.75. The van der Waals surface area contributed by atoms with Gasteiger partial charge in [0.1, 0.15) is 0 Å². The summed E-state index contributed by atoms with van der Waals surface area (Å²) in [6.45, 7) is 7.54. The van der Waals surface area contributed by atoms with Crippen LogP contribution in [0.3, 0.4) is 0 Å². The molecule has 37 heavy (non-hydrogen) atoms. The van der Waals surface area contributed by atoms with Crippen LogP contribution in [0.5, 0.6) is 0 Å². The van der Waals surface area contributed by atoms with Gasteiger partial charge in [-0.1, -0.05) is 142 Å². The summed E-state index contributed by atoms with van der Waals surface area (Å²) in [5.74, 6) is 0.0842. The maximum Gasteiger partial charge on any atom is 0.219 e. The monoisotopic (exact) mass is 523 g/mol. The maximum atomic E-state index is 11.6. The number of hydrogen-bond acceptors (Lipinski definition) is 2. The van der Waals surface area contributed by atoms with E-state index in [1.165, 1.54) is 122 Å². The number of unbranched alkanes of at least 4 members (excludes halogenated alkanes) is 19. The fourth-order valence-electron chi connectivity index (χ4n) is 4.29. The number of nitrogens with one attached hydrogen (secondary N) is 1. The molecule has 0 radical (unpaired) electrons. The van der Waals surface area contributed by atoms with Gasteiger partial charge < -0.3 is 11.1 Å². The van der Waals surface area contributed by atoms with Crippen molar-refractivity contribution in [1.82, 2.24) is 5.32 Å². The SMILES string of the molecule is CCCC/C=C\CCCCCCCC(N)=O.CCCCCCCCCCCCCC(=O)NCCCCC. The lowest BCUT2D eigenvalue weighted by Crippen LogP contribution is -2.23. The van der Waals surface area contributed by atoms with Gasteiger partial charge in [-0.2, -0.15) is 0 Å². The van der Waals surface area contributed by atoms with Crippen LogP contribution in [0.1, 0.15) is 181 Å². The van der Waals surface area contributed by atoms with Crippen molar-refractivity contribution in [1.29, 1.82) is 0 Å². The van der Waals surface area contributed by atoms with Gasteiger partial charge in [0, 0.05) is 19.4 Å². The fraction of sp³-hybridized carbons (Fsp3) is 0.879. The van der Waals surface area contributed by atoms with Crippen molar-refractivity contribution in [2.24, 2.45) is 5.73 Å². The first-order valence-electron chi connectivity index (χ1n) is 16.3. The molecule has 0 aliphatic rings. The standard InChI is InChI=1S/C19H39NO.C14H27NO/c1-3-5-7-8-9-10-11-12-13-14-15-17-19(21)20-18-16-6-4-2;1-2-3-4-5-6-7-8-9-10-11-12-13-14(15)16/h3-18H2,1-2H3,(H,20,21);5-6H,2-4,7-13H2,1H3,(H2,15,16)/b;6-5-. The maximum absolute atomic E-state index is 11.6. The highest BCUT2D eigenvalue weighted by Gasteiger charge is 2.00. The Hall–Kier alpha value is -1.32. The Morgan fingerprint density at radius 3 is 1.43 bits per heavy atom. The van der Waals surface area contributed by atoms with Crippen LogP contribution in [0, 0.1) is 0 Å². The first-order valence-corrected chi connectivity index (χ1v) is 16.3. The van der Waals surface area contributed by atoms with E-state index < -0.39 is 0 Å². The minimum Gasteiger partial charge on any atom is -0.370 e. The zero-order valence-electron chi connectivity index (χ0n) is 25.4. The third-order valence-corrected chi connectivity index (χ3v) is 6.79. The molecule has 4 heteroatoms. The van der Waals surface area contributed by atoms with E-state index >= 15 is 0 Å². The van der Waals surface area contributed by atoms with E-state index in [0.29, 0.717) is 6.42 Å². The molecule has 0 spiro atoms.